The van der Waals surface area contributed by atoms with Gasteiger partial charge in [-0.3, -0.25) is 10.1 Å². The first-order valence-corrected chi connectivity index (χ1v) is 9.18. The normalized spacial score (nSPS) is 11.1. The molecule has 0 aliphatic rings. The highest BCUT2D eigenvalue weighted by molar-refractivity contribution is 5.99. The van der Waals surface area contributed by atoms with Crippen molar-refractivity contribution in [3.63, 3.8) is 0 Å². The van der Waals surface area contributed by atoms with Gasteiger partial charge in [0, 0.05) is 12.6 Å². The fraction of sp³-hybridized carbons (Fsp3) is 0.286. The molecule has 0 aromatic heterocycles. The van der Waals surface area contributed by atoms with Gasteiger partial charge in [0.1, 0.15) is 0 Å². The van der Waals surface area contributed by atoms with Gasteiger partial charge in [0.05, 0.1) is 18.8 Å². The van der Waals surface area contributed by atoms with Crippen LogP contribution in [0.25, 0.3) is 0 Å². The number of rotatable bonds is 8. The standard InChI is InChI=1S/C21H24N2O6/c1-4-27-16-12-11-15(13-17(16)28-5-2)20(25)29-18(14-9-7-6-8-10-14)19(24)23-21(26)22-3/h6-13,18H,4-5H2,1-3H3,(H2,22,23,24,26)/t18-/m0/s1. The number of carbonyl (C=O) groups is 3. The highest BCUT2D eigenvalue weighted by Crippen LogP contribution is 2.29. The van der Waals surface area contributed by atoms with E-state index in [1.54, 1.807) is 36.4 Å². The summed E-state index contributed by atoms with van der Waals surface area (Å²) in [5, 5.41) is 4.42. The fourth-order valence-corrected chi connectivity index (χ4v) is 2.49. The predicted octanol–water partition coefficient (Wildman–Crippen LogP) is 2.84. The lowest BCUT2D eigenvalue weighted by Gasteiger charge is -2.18. The Morgan fingerprint density at radius 2 is 1.59 bits per heavy atom. The average Bonchev–Trinajstić information content (AvgIpc) is 2.73. The van der Waals surface area contributed by atoms with E-state index in [0.29, 0.717) is 30.3 Å². The molecule has 0 unspecified atom stereocenters. The van der Waals surface area contributed by atoms with Crippen LogP contribution in [0.3, 0.4) is 0 Å². The second kappa shape index (κ2) is 10.7. The third-order valence-corrected chi connectivity index (χ3v) is 3.81. The number of esters is 1. The molecule has 29 heavy (non-hydrogen) atoms. The zero-order chi connectivity index (χ0) is 21.2. The molecule has 8 heteroatoms. The van der Waals surface area contributed by atoms with Gasteiger partial charge in [-0.2, -0.15) is 0 Å². The van der Waals surface area contributed by atoms with Crippen LogP contribution in [0.2, 0.25) is 0 Å². The largest absolute Gasteiger partial charge is 0.490 e. The zero-order valence-electron chi connectivity index (χ0n) is 16.6. The van der Waals surface area contributed by atoms with Crippen molar-refractivity contribution in [1.29, 1.82) is 0 Å². The quantitative estimate of drug-likeness (QED) is 0.661. The Labute approximate surface area is 169 Å². The first-order chi connectivity index (χ1) is 14.0. The van der Waals surface area contributed by atoms with Crippen LogP contribution in [0.5, 0.6) is 11.5 Å². The molecule has 8 nitrogen and oxygen atoms in total. The maximum atomic E-state index is 12.7. The summed E-state index contributed by atoms with van der Waals surface area (Å²) in [4.78, 5) is 36.7. The Morgan fingerprint density at radius 1 is 0.931 bits per heavy atom. The van der Waals surface area contributed by atoms with Gasteiger partial charge in [0.15, 0.2) is 11.5 Å². The second-order valence-electron chi connectivity index (χ2n) is 5.79. The van der Waals surface area contributed by atoms with E-state index >= 15 is 0 Å². The average molecular weight is 400 g/mol. The topological polar surface area (TPSA) is 103 Å². The van der Waals surface area contributed by atoms with Crippen LogP contribution < -0.4 is 20.1 Å². The molecule has 0 bridgehead atoms. The number of imide groups is 1. The van der Waals surface area contributed by atoms with Gasteiger partial charge in [-0.05, 0) is 32.0 Å². The molecule has 1 atom stereocenters. The second-order valence-corrected chi connectivity index (χ2v) is 5.79. The van der Waals surface area contributed by atoms with Crippen LogP contribution in [0.1, 0.15) is 35.9 Å². The van der Waals surface area contributed by atoms with Crippen molar-refractivity contribution >= 4 is 17.9 Å². The summed E-state index contributed by atoms with van der Waals surface area (Å²) >= 11 is 0. The van der Waals surface area contributed by atoms with Crippen molar-refractivity contribution < 1.29 is 28.6 Å². The molecule has 0 aliphatic carbocycles. The molecule has 3 amide bonds. The molecule has 0 saturated heterocycles. The Balaban J connectivity index is 2.28. The van der Waals surface area contributed by atoms with Crippen molar-refractivity contribution in [2.45, 2.75) is 20.0 Å². The van der Waals surface area contributed by atoms with E-state index in [1.165, 1.54) is 19.2 Å². The summed E-state index contributed by atoms with van der Waals surface area (Å²) in [5.41, 5.74) is 0.615. The van der Waals surface area contributed by atoms with Crippen molar-refractivity contribution in [3.05, 3.63) is 59.7 Å². The molecular formula is C21H24N2O6. The highest BCUT2D eigenvalue weighted by Gasteiger charge is 2.27. The van der Waals surface area contributed by atoms with Crippen LogP contribution >= 0.6 is 0 Å². The Hall–Kier alpha value is -3.55. The van der Waals surface area contributed by atoms with E-state index < -0.39 is 24.0 Å². The van der Waals surface area contributed by atoms with Gasteiger partial charge in [-0.1, -0.05) is 30.3 Å². The molecule has 0 heterocycles. The molecule has 0 radical (unpaired) electrons. The maximum Gasteiger partial charge on any atom is 0.339 e. The molecule has 2 aromatic rings. The summed E-state index contributed by atoms with van der Waals surface area (Å²) < 4.78 is 16.4. The van der Waals surface area contributed by atoms with Crippen molar-refractivity contribution in [2.24, 2.45) is 0 Å². The summed E-state index contributed by atoms with van der Waals surface area (Å²) in [6.07, 6.45) is -1.30. The van der Waals surface area contributed by atoms with E-state index in [9.17, 15) is 14.4 Å². The predicted molar refractivity (Wildman–Crippen MR) is 106 cm³/mol. The van der Waals surface area contributed by atoms with Crippen LogP contribution in [-0.2, 0) is 9.53 Å². The van der Waals surface area contributed by atoms with Crippen LogP contribution in [0, 0.1) is 0 Å². The number of hydrogen-bond acceptors (Lipinski definition) is 6. The molecule has 2 aromatic carbocycles. The summed E-state index contributed by atoms with van der Waals surface area (Å²) in [6.45, 7) is 4.49. The molecule has 0 aliphatic heterocycles. The minimum Gasteiger partial charge on any atom is -0.490 e. The van der Waals surface area contributed by atoms with Gasteiger partial charge >= 0.3 is 12.0 Å². The highest BCUT2D eigenvalue weighted by atomic mass is 16.5. The van der Waals surface area contributed by atoms with Gasteiger partial charge < -0.3 is 19.5 Å². The lowest BCUT2D eigenvalue weighted by Crippen LogP contribution is -2.41. The number of hydrogen-bond donors (Lipinski definition) is 2. The first kappa shape index (κ1) is 21.7. The van der Waals surface area contributed by atoms with Gasteiger partial charge in [0.2, 0.25) is 6.10 Å². The number of amides is 3. The zero-order valence-corrected chi connectivity index (χ0v) is 16.6. The lowest BCUT2D eigenvalue weighted by molar-refractivity contribution is -0.129. The summed E-state index contributed by atoms with van der Waals surface area (Å²) in [5.74, 6) is -0.604. The number of ether oxygens (including phenoxy) is 3. The molecule has 2 N–H and O–H groups in total. The molecule has 0 spiro atoms. The minimum atomic E-state index is -1.30. The number of carbonyl (C=O) groups excluding carboxylic acids is 3. The SMILES string of the molecule is CCOc1ccc(C(=O)O[C@H](C(=O)NC(=O)NC)c2ccccc2)cc1OCC. The molecule has 2 rings (SSSR count). The van der Waals surface area contributed by atoms with E-state index in [4.69, 9.17) is 14.2 Å². The molecule has 154 valence electrons. The maximum absolute atomic E-state index is 12.7. The van der Waals surface area contributed by atoms with Crippen molar-refractivity contribution in [1.82, 2.24) is 10.6 Å². The van der Waals surface area contributed by atoms with Crippen LogP contribution in [0.15, 0.2) is 48.5 Å². The summed E-state index contributed by atoms with van der Waals surface area (Å²) in [6, 6.07) is 12.3. The van der Waals surface area contributed by atoms with Crippen LogP contribution in [-0.4, -0.2) is 38.2 Å². The number of nitrogens with one attached hydrogen (secondary N) is 2. The van der Waals surface area contributed by atoms with Crippen LogP contribution in [0.4, 0.5) is 4.79 Å². The minimum absolute atomic E-state index is 0.186. The Morgan fingerprint density at radius 3 is 2.21 bits per heavy atom. The molecule has 0 fully saturated rings. The monoisotopic (exact) mass is 400 g/mol. The van der Waals surface area contributed by atoms with Crippen molar-refractivity contribution in [2.75, 3.05) is 20.3 Å². The first-order valence-electron chi connectivity index (χ1n) is 9.18. The molecular weight excluding hydrogens is 376 g/mol. The van der Waals surface area contributed by atoms with E-state index in [-0.39, 0.29) is 5.56 Å². The van der Waals surface area contributed by atoms with Gasteiger partial charge in [-0.25, -0.2) is 9.59 Å². The fourth-order valence-electron chi connectivity index (χ4n) is 2.49. The molecule has 0 saturated carbocycles. The van der Waals surface area contributed by atoms with Crippen molar-refractivity contribution in [3.8, 4) is 11.5 Å². The number of urea groups is 1. The third-order valence-electron chi connectivity index (χ3n) is 3.81. The smallest absolute Gasteiger partial charge is 0.339 e. The van der Waals surface area contributed by atoms with E-state index in [1.807, 2.05) is 13.8 Å². The van der Waals surface area contributed by atoms with E-state index in [2.05, 4.69) is 10.6 Å². The van der Waals surface area contributed by atoms with E-state index in [0.717, 1.165) is 0 Å². The van der Waals surface area contributed by atoms with Gasteiger partial charge in [-0.15, -0.1) is 0 Å². The Kier molecular flexibility index (Phi) is 8.02. The Bertz CT molecular complexity index is 854. The summed E-state index contributed by atoms with van der Waals surface area (Å²) in [7, 11) is 1.38. The lowest BCUT2D eigenvalue weighted by atomic mass is 10.1. The van der Waals surface area contributed by atoms with Gasteiger partial charge in [0.25, 0.3) is 5.91 Å². The number of benzene rings is 2. The third kappa shape index (κ3) is 5.97.